The monoisotopic (exact) mass is 347 g/mol. The van der Waals surface area contributed by atoms with Crippen molar-refractivity contribution in [3.63, 3.8) is 0 Å². The Morgan fingerprint density at radius 3 is 2.70 bits per heavy atom. The fourth-order valence-electron chi connectivity index (χ4n) is 1.91. The Bertz CT molecular complexity index is 712. The number of hydrogen-bond donors (Lipinski definition) is 0. The Morgan fingerprint density at radius 1 is 1.30 bits per heavy atom. The first kappa shape index (κ1) is 13.3. The van der Waals surface area contributed by atoms with E-state index in [2.05, 4.69) is 21.1 Å². The summed E-state index contributed by atoms with van der Waals surface area (Å²) >= 11 is 5.09. The maximum atomic E-state index is 11.8. The van der Waals surface area contributed by atoms with Crippen LogP contribution in [0.5, 0.6) is 0 Å². The number of carbonyl (C=O) groups is 1. The normalized spacial score (nSPS) is 16.4. The summed E-state index contributed by atoms with van der Waals surface area (Å²) in [4.78, 5) is 18.8. The van der Waals surface area contributed by atoms with E-state index in [0.717, 1.165) is 14.9 Å². The van der Waals surface area contributed by atoms with Gasteiger partial charge in [-0.2, -0.15) is 0 Å². The largest absolute Gasteiger partial charge is 0.368 e. The Labute approximate surface area is 128 Å². The van der Waals surface area contributed by atoms with Crippen LogP contribution in [0, 0.1) is 6.92 Å². The molecule has 100 valence electrons. The number of halogens is 1. The molecule has 0 radical (unpaired) electrons. The van der Waals surface area contributed by atoms with Crippen LogP contribution in [0.15, 0.2) is 51.6 Å². The molecule has 20 heavy (non-hydrogen) atoms. The Morgan fingerprint density at radius 2 is 2.05 bits per heavy atom. The summed E-state index contributed by atoms with van der Waals surface area (Å²) in [6.07, 6.45) is 1.82. The summed E-state index contributed by atoms with van der Waals surface area (Å²) in [5.41, 5.74) is 1.94. The van der Waals surface area contributed by atoms with Crippen LogP contribution < -0.4 is 0 Å². The van der Waals surface area contributed by atoms with E-state index < -0.39 is 5.97 Å². The van der Waals surface area contributed by atoms with Crippen molar-refractivity contribution in [1.29, 1.82) is 0 Å². The van der Waals surface area contributed by atoms with Gasteiger partial charge in [-0.15, -0.1) is 11.3 Å². The number of nitrogens with zero attached hydrogens (tertiary/aromatic N) is 1. The summed E-state index contributed by atoms with van der Waals surface area (Å²) in [7, 11) is 0. The Kier molecular flexibility index (Phi) is 3.54. The zero-order chi connectivity index (χ0) is 14.1. The third-order valence-corrected chi connectivity index (χ3v) is 4.99. The molecular formula is C15H10BrNO2S. The van der Waals surface area contributed by atoms with E-state index in [4.69, 9.17) is 4.84 Å². The predicted molar refractivity (Wildman–Crippen MR) is 83.8 cm³/mol. The van der Waals surface area contributed by atoms with Crippen molar-refractivity contribution < 1.29 is 9.63 Å². The molecule has 1 aliphatic heterocycles. The van der Waals surface area contributed by atoms with E-state index in [1.165, 1.54) is 4.88 Å². The van der Waals surface area contributed by atoms with Gasteiger partial charge in [-0.25, -0.2) is 4.79 Å². The molecule has 0 aliphatic carbocycles. The van der Waals surface area contributed by atoms with Gasteiger partial charge in [0.15, 0.2) is 0 Å². The molecule has 3 rings (SSSR count). The maximum Gasteiger partial charge on any atom is 0.368 e. The summed E-state index contributed by atoms with van der Waals surface area (Å²) < 4.78 is 1.04. The van der Waals surface area contributed by atoms with Gasteiger partial charge >= 0.3 is 5.97 Å². The van der Waals surface area contributed by atoms with Crippen LogP contribution in [0.2, 0.25) is 0 Å². The lowest BCUT2D eigenvalue weighted by Crippen LogP contribution is -2.06. The minimum Gasteiger partial charge on any atom is -0.312 e. The molecule has 0 spiro atoms. The molecule has 1 aromatic heterocycles. The SMILES string of the molecule is Cc1sc(/C=C2\C(=O)ON=C2c2ccccc2)cc1Br. The van der Waals surface area contributed by atoms with Crippen molar-refractivity contribution in [3.05, 3.63) is 61.8 Å². The van der Waals surface area contributed by atoms with E-state index in [0.29, 0.717) is 11.3 Å². The molecular weight excluding hydrogens is 338 g/mol. The predicted octanol–water partition coefficient (Wildman–Crippen LogP) is 4.16. The number of hydrogen-bond acceptors (Lipinski definition) is 4. The van der Waals surface area contributed by atoms with Crippen molar-refractivity contribution in [3.8, 4) is 0 Å². The van der Waals surface area contributed by atoms with Crippen molar-refractivity contribution in [2.24, 2.45) is 5.16 Å². The molecule has 0 fully saturated rings. The molecule has 0 saturated carbocycles. The minimum absolute atomic E-state index is 0.411. The lowest BCUT2D eigenvalue weighted by atomic mass is 10.0. The average Bonchev–Trinajstić information content (AvgIpc) is 2.96. The average molecular weight is 348 g/mol. The highest BCUT2D eigenvalue weighted by molar-refractivity contribution is 9.10. The highest BCUT2D eigenvalue weighted by atomic mass is 79.9. The molecule has 1 aromatic carbocycles. The summed E-state index contributed by atoms with van der Waals surface area (Å²) in [6, 6.07) is 11.5. The van der Waals surface area contributed by atoms with Crippen LogP contribution >= 0.6 is 27.3 Å². The van der Waals surface area contributed by atoms with Crippen molar-refractivity contribution in [1.82, 2.24) is 0 Å². The van der Waals surface area contributed by atoms with Gasteiger partial charge in [0.1, 0.15) is 5.71 Å². The van der Waals surface area contributed by atoms with E-state index >= 15 is 0 Å². The molecule has 0 amide bonds. The zero-order valence-corrected chi connectivity index (χ0v) is 13.0. The van der Waals surface area contributed by atoms with Crippen molar-refractivity contribution in [2.75, 3.05) is 0 Å². The lowest BCUT2D eigenvalue weighted by molar-refractivity contribution is -0.136. The van der Waals surface area contributed by atoms with Gasteiger partial charge in [-0.05, 0) is 35.0 Å². The maximum absolute atomic E-state index is 11.8. The molecule has 0 saturated heterocycles. The van der Waals surface area contributed by atoms with Gasteiger partial charge in [0.25, 0.3) is 0 Å². The van der Waals surface area contributed by atoms with Gasteiger partial charge in [0.05, 0.1) is 5.57 Å². The van der Waals surface area contributed by atoms with Crippen molar-refractivity contribution >= 4 is 45.0 Å². The Balaban J connectivity index is 2.02. The fourth-order valence-corrected chi connectivity index (χ4v) is 3.41. The Hall–Kier alpha value is -1.72. The van der Waals surface area contributed by atoms with Crippen LogP contribution in [0.3, 0.4) is 0 Å². The van der Waals surface area contributed by atoms with Crippen LogP contribution in [0.4, 0.5) is 0 Å². The fraction of sp³-hybridized carbons (Fsp3) is 0.0667. The minimum atomic E-state index is -0.411. The van der Waals surface area contributed by atoms with E-state index in [1.54, 1.807) is 11.3 Å². The topological polar surface area (TPSA) is 38.7 Å². The third kappa shape index (κ3) is 2.46. The highest BCUT2D eigenvalue weighted by Crippen LogP contribution is 2.29. The number of thiophene rings is 1. The van der Waals surface area contributed by atoms with Crippen molar-refractivity contribution in [2.45, 2.75) is 6.92 Å². The first-order valence-electron chi connectivity index (χ1n) is 5.98. The molecule has 2 heterocycles. The first-order chi connectivity index (χ1) is 9.65. The second-order valence-electron chi connectivity index (χ2n) is 4.30. The number of rotatable bonds is 2. The smallest absolute Gasteiger partial charge is 0.312 e. The number of benzene rings is 1. The number of aryl methyl sites for hydroxylation is 1. The molecule has 0 atom stereocenters. The van der Waals surface area contributed by atoms with Crippen LogP contribution in [0.25, 0.3) is 6.08 Å². The number of oxime groups is 1. The molecule has 2 aromatic rings. The first-order valence-corrected chi connectivity index (χ1v) is 7.59. The summed E-state index contributed by atoms with van der Waals surface area (Å²) in [6.45, 7) is 2.02. The molecule has 3 nitrogen and oxygen atoms in total. The summed E-state index contributed by atoms with van der Waals surface area (Å²) in [5, 5.41) is 3.89. The summed E-state index contributed by atoms with van der Waals surface area (Å²) in [5.74, 6) is -0.411. The standard InChI is InChI=1S/C15H10BrNO2S/c1-9-13(16)8-11(20-9)7-12-14(17-19-15(12)18)10-5-3-2-4-6-10/h2-8H,1H3/b12-7-. The number of carbonyl (C=O) groups excluding carboxylic acids is 1. The van der Waals surface area contributed by atoms with Gasteiger partial charge < -0.3 is 4.84 Å². The molecule has 1 aliphatic rings. The second kappa shape index (κ2) is 5.34. The molecule has 0 unspecified atom stereocenters. The highest BCUT2D eigenvalue weighted by Gasteiger charge is 2.26. The quantitative estimate of drug-likeness (QED) is 0.604. The van der Waals surface area contributed by atoms with Crippen LogP contribution in [0.1, 0.15) is 15.3 Å². The van der Waals surface area contributed by atoms with Gasteiger partial charge in [0, 0.05) is 19.8 Å². The van der Waals surface area contributed by atoms with Gasteiger partial charge in [0.2, 0.25) is 0 Å². The van der Waals surface area contributed by atoms with Crippen LogP contribution in [-0.4, -0.2) is 11.7 Å². The second-order valence-corrected chi connectivity index (χ2v) is 6.44. The lowest BCUT2D eigenvalue weighted by Gasteiger charge is -1.98. The van der Waals surface area contributed by atoms with E-state index in [9.17, 15) is 4.79 Å². The van der Waals surface area contributed by atoms with Crippen LogP contribution in [-0.2, 0) is 9.63 Å². The third-order valence-electron chi connectivity index (χ3n) is 2.90. The zero-order valence-electron chi connectivity index (χ0n) is 10.6. The van der Waals surface area contributed by atoms with Gasteiger partial charge in [-0.3, -0.25) is 0 Å². The van der Waals surface area contributed by atoms with E-state index in [1.807, 2.05) is 49.4 Å². The molecule has 0 N–H and O–H groups in total. The van der Waals surface area contributed by atoms with E-state index in [-0.39, 0.29) is 0 Å². The van der Waals surface area contributed by atoms with Gasteiger partial charge in [-0.1, -0.05) is 35.5 Å². The molecule has 5 heteroatoms. The molecule has 0 bridgehead atoms.